The zero-order valence-electron chi connectivity index (χ0n) is 46.7. The van der Waals surface area contributed by atoms with E-state index in [1.807, 2.05) is 0 Å². The maximum Gasteiger partial charge on any atom is 0.306 e. The molecule has 0 aliphatic heterocycles. The first-order valence-electron chi connectivity index (χ1n) is 30.1. The van der Waals surface area contributed by atoms with Crippen LogP contribution < -0.4 is 0 Å². The van der Waals surface area contributed by atoms with Crippen LogP contribution in [-0.4, -0.2) is 37.2 Å². The Morgan fingerprint density at radius 1 is 0.282 bits per heavy atom. The number of ether oxygens (including phenoxy) is 3. The van der Waals surface area contributed by atoms with E-state index < -0.39 is 6.10 Å². The molecule has 0 rings (SSSR count). The van der Waals surface area contributed by atoms with Gasteiger partial charge in [-0.05, 0) is 122 Å². The van der Waals surface area contributed by atoms with Crippen molar-refractivity contribution in [3.63, 3.8) is 0 Å². The molecule has 71 heavy (non-hydrogen) atoms. The van der Waals surface area contributed by atoms with Gasteiger partial charge < -0.3 is 14.2 Å². The van der Waals surface area contributed by atoms with E-state index in [1.165, 1.54) is 141 Å². The van der Waals surface area contributed by atoms with Crippen molar-refractivity contribution in [3.8, 4) is 0 Å². The van der Waals surface area contributed by atoms with Crippen molar-refractivity contribution >= 4 is 17.9 Å². The molecule has 0 aliphatic rings. The summed E-state index contributed by atoms with van der Waals surface area (Å²) in [6, 6.07) is 0. The first kappa shape index (κ1) is 67.6. The Kier molecular flexibility index (Phi) is 56.3. The summed E-state index contributed by atoms with van der Waals surface area (Å²) in [6.45, 7) is 6.56. The van der Waals surface area contributed by atoms with Crippen LogP contribution in [0.5, 0.6) is 0 Å². The van der Waals surface area contributed by atoms with Gasteiger partial charge >= 0.3 is 17.9 Å². The molecule has 0 aromatic heterocycles. The maximum atomic E-state index is 12.9. The molecule has 1 atom stereocenters. The van der Waals surface area contributed by atoms with Gasteiger partial charge in [-0.2, -0.15) is 0 Å². The van der Waals surface area contributed by atoms with E-state index in [0.717, 1.165) is 109 Å². The molecular weight excluding hydrogens is 877 g/mol. The summed E-state index contributed by atoms with van der Waals surface area (Å²) < 4.78 is 16.9. The lowest BCUT2D eigenvalue weighted by Gasteiger charge is -2.18. The minimum atomic E-state index is -0.801. The van der Waals surface area contributed by atoms with Gasteiger partial charge in [0.2, 0.25) is 0 Å². The summed E-state index contributed by atoms with van der Waals surface area (Å²) in [6.07, 6.45) is 77.1. The van der Waals surface area contributed by atoms with Crippen LogP contribution >= 0.6 is 0 Å². The van der Waals surface area contributed by atoms with E-state index >= 15 is 0 Å². The third-order valence-corrected chi connectivity index (χ3v) is 12.8. The number of hydrogen-bond donors (Lipinski definition) is 0. The summed E-state index contributed by atoms with van der Waals surface area (Å²) in [5, 5.41) is 0. The van der Waals surface area contributed by atoms with Gasteiger partial charge in [0, 0.05) is 19.3 Å². The van der Waals surface area contributed by atoms with Crippen molar-refractivity contribution in [1.82, 2.24) is 0 Å². The van der Waals surface area contributed by atoms with Crippen LogP contribution in [0.4, 0.5) is 0 Å². The molecule has 0 aliphatic carbocycles. The predicted molar refractivity (Wildman–Crippen MR) is 307 cm³/mol. The summed E-state index contributed by atoms with van der Waals surface area (Å²) in [7, 11) is 0. The molecule has 0 N–H and O–H groups in total. The van der Waals surface area contributed by atoms with Crippen molar-refractivity contribution in [1.29, 1.82) is 0 Å². The van der Waals surface area contributed by atoms with E-state index in [9.17, 15) is 14.4 Å². The molecule has 0 saturated carbocycles. The van der Waals surface area contributed by atoms with Crippen molar-refractivity contribution < 1.29 is 28.6 Å². The molecule has 408 valence electrons. The fourth-order valence-corrected chi connectivity index (χ4v) is 8.27. The van der Waals surface area contributed by atoms with Crippen LogP contribution in [0.1, 0.15) is 290 Å². The van der Waals surface area contributed by atoms with Gasteiger partial charge in [0.1, 0.15) is 13.2 Å². The van der Waals surface area contributed by atoms with Crippen LogP contribution in [0, 0.1) is 0 Å². The molecular formula is C65H112O6. The Morgan fingerprint density at radius 3 is 0.831 bits per heavy atom. The minimum Gasteiger partial charge on any atom is -0.462 e. The lowest BCUT2D eigenvalue weighted by molar-refractivity contribution is -0.167. The molecule has 0 spiro atoms. The standard InChI is InChI=1S/C65H112O6/c1-4-7-10-13-16-19-22-25-28-31-32-35-37-40-43-46-49-52-55-58-64(67)70-61-62(71-65(68)59-56-53-50-47-44-41-38-34-30-27-24-21-18-15-12-9-6-3)60-69-63(66)57-54-51-48-45-42-39-36-33-29-26-23-20-17-14-11-8-5-2/h17-18,20-21,26-27,29-32,36,38-39,41,62H,4-16,19,22-25,28,33-35,37,40,42-61H2,1-3H3/b20-17-,21-18-,29-26-,30-27-,32-31-,39-36-,41-38-/t62-/m1/s1. The first-order chi connectivity index (χ1) is 35.0. The highest BCUT2D eigenvalue weighted by atomic mass is 16.6. The Labute approximate surface area is 439 Å². The highest BCUT2D eigenvalue weighted by Gasteiger charge is 2.19. The molecule has 0 saturated heterocycles. The van der Waals surface area contributed by atoms with Gasteiger partial charge in [0.15, 0.2) is 6.10 Å². The van der Waals surface area contributed by atoms with Crippen LogP contribution in [0.15, 0.2) is 85.1 Å². The molecule has 6 nitrogen and oxygen atoms in total. The van der Waals surface area contributed by atoms with Gasteiger partial charge in [-0.1, -0.05) is 234 Å². The molecule has 0 heterocycles. The summed E-state index contributed by atoms with van der Waals surface area (Å²) in [5.41, 5.74) is 0. The molecule has 0 radical (unpaired) electrons. The number of unbranched alkanes of at least 4 members (excludes halogenated alkanes) is 29. The largest absolute Gasteiger partial charge is 0.462 e. The highest BCUT2D eigenvalue weighted by Crippen LogP contribution is 2.15. The Balaban J connectivity index is 4.46. The monoisotopic (exact) mass is 989 g/mol. The molecule has 6 heteroatoms. The van der Waals surface area contributed by atoms with Gasteiger partial charge in [-0.3, -0.25) is 14.4 Å². The maximum absolute atomic E-state index is 12.9. The van der Waals surface area contributed by atoms with Crippen molar-refractivity contribution in [2.75, 3.05) is 13.2 Å². The minimum absolute atomic E-state index is 0.0951. The Hall–Kier alpha value is -3.41. The quantitative estimate of drug-likeness (QED) is 0.0261. The molecule has 0 bridgehead atoms. The molecule has 0 amide bonds. The van der Waals surface area contributed by atoms with Gasteiger partial charge in [-0.15, -0.1) is 0 Å². The highest BCUT2D eigenvalue weighted by molar-refractivity contribution is 5.71. The lowest BCUT2D eigenvalue weighted by atomic mass is 10.1. The molecule has 0 unspecified atom stereocenters. The average Bonchev–Trinajstić information content (AvgIpc) is 3.37. The zero-order chi connectivity index (χ0) is 51.4. The number of carbonyl (C=O) groups excluding carboxylic acids is 3. The number of allylic oxidation sites excluding steroid dienone is 14. The molecule has 0 fully saturated rings. The third kappa shape index (κ3) is 57.4. The van der Waals surface area contributed by atoms with Crippen molar-refractivity contribution in [2.45, 2.75) is 297 Å². The van der Waals surface area contributed by atoms with E-state index in [-0.39, 0.29) is 31.1 Å². The summed E-state index contributed by atoms with van der Waals surface area (Å²) in [5.74, 6) is -0.936. The topological polar surface area (TPSA) is 78.9 Å². The van der Waals surface area contributed by atoms with Crippen molar-refractivity contribution in [2.24, 2.45) is 0 Å². The first-order valence-corrected chi connectivity index (χ1v) is 30.1. The van der Waals surface area contributed by atoms with Crippen molar-refractivity contribution in [3.05, 3.63) is 85.1 Å². The van der Waals surface area contributed by atoms with E-state index in [1.54, 1.807) is 0 Å². The fraction of sp³-hybridized carbons (Fsp3) is 0.738. The van der Waals surface area contributed by atoms with Crippen LogP contribution in [0.3, 0.4) is 0 Å². The summed E-state index contributed by atoms with van der Waals surface area (Å²) >= 11 is 0. The normalized spacial score (nSPS) is 12.7. The average molecular weight is 990 g/mol. The fourth-order valence-electron chi connectivity index (χ4n) is 8.27. The molecule has 0 aromatic carbocycles. The van der Waals surface area contributed by atoms with Crippen LogP contribution in [0.2, 0.25) is 0 Å². The van der Waals surface area contributed by atoms with Gasteiger partial charge in [0.05, 0.1) is 0 Å². The number of esters is 3. The summed E-state index contributed by atoms with van der Waals surface area (Å²) in [4.78, 5) is 38.2. The van der Waals surface area contributed by atoms with Gasteiger partial charge in [-0.25, -0.2) is 0 Å². The van der Waals surface area contributed by atoms with E-state index in [2.05, 4.69) is 106 Å². The zero-order valence-corrected chi connectivity index (χ0v) is 46.7. The number of carbonyl (C=O) groups is 3. The SMILES string of the molecule is CCCCC/C=C\C/C=C\C/C=C\CCCCCCC(=O)OC[C@H](COC(=O)CCCCCCCCC/C=C\CCCCCCCCCC)OC(=O)CCCCCC/C=C\C/C=C\C/C=C\CCCCC. The Bertz CT molecular complexity index is 1370. The number of hydrogen-bond acceptors (Lipinski definition) is 6. The lowest BCUT2D eigenvalue weighted by Crippen LogP contribution is -2.30. The second-order valence-electron chi connectivity index (χ2n) is 19.9. The second kappa shape index (κ2) is 59.2. The van der Waals surface area contributed by atoms with Crippen LogP contribution in [-0.2, 0) is 28.6 Å². The van der Waals surface area contributed by atoms with E-state index in [0.29, 0.717) is 19.3 Å². The number of rotatable bonds is 54. The Morgan fingerprint density at radius 2 is 0.507 bits per heavy atom. The third-order valence-electron chi connectivity index (χ3n) is 12.8. The molecule has 0 aromatic rings. The van der Waals surface area contributed by atoms with Gasteiger partial charge in [0.25, 0.3) is 0 Å². The predicted octanol–water partition coefficient (Wildman–Crippen LogP) is 20.3. The van der Waals surface area contributed by atoms with E-state index in [4.69, 9.17) is 14.2 Å². The smallest absolute Gasteiger partial charge is 0.306 e. The van der Waals surface area contributed by atoms with Crippen LogP contribution in [0.25, 0.3) is 0 Å². The second-order valence-corrected chi connectivity index (χ2v) is 19.9.